The third kappa shape index (κ3) is 4.63. The van der Waals surface area contributed by atoms with Gasteiger partial charge in [0.2, 0.25) is 0 Å². The number of rotatable bonds is 4. The number of carbonyl (C=O) groups is 1. The number of ether oxygens (including phenoxy) is 2. The minimum atomic E-state index is -0.486. The summed E-state index contributed by atoms with van der Waals surface area (Å²) in [7, 11) is 0. The van der Waals surface area contributed by atoms with Crippen LogP contribution in [0.25, 0.3) is 0 Å². The van der Waals surface area contributed by atoms with Gasteiger partial charge in [-0.1, -0.05) is 15.9 Å². The van der Waals surface area contributed by atoms with E-state index in [0.717, 1.165) is 34.2 Å². The number of amides is 1. The first-order chi connectivity index (χ1) is 10.1. The highest BCUT2D eigenvalue weighted by molar-refractivity contribution is 9.10. The molecule has 0 bridgehead atoms. The van der Waals surface area contributed by atoms with Crippen molar-refractivity contribution in [2.24, 2.45) is 0 Å². The summed E-state index contributed by atoms with van der Waals surface area (Å²) in [6.07, 6.45) is 1.46. The van der Waals surface area contributed by atoms with Gasteiger partial charge in [0.25, 0.3) is 0 Å². The van der Waals surface area contributed by atoms with Crippen LogP contribution in [0.4, 0.5) is 4.79 Å². The van der Waals surface area contributed by atoms with Crippen molar-refractivity contribution in [2.75, 3.05) is 6.61 Å². The van der Waals surface area contributed by atoms with Crippen LogP contribution < -0.4 is 10.1 Å². The highest BCUT2D eigenvalue weighted by Crippen LogP contribution is 2.37. The quantitative estimate of drug-likeness (QED) is 0.849. The predicted molar refractivity (Wildman–Crippen MR) is 90.4 cm³/mol. The van der Waals surface area contributed by atoms with E-state index in [-0.39, 0.29) is 11.6 Å². The molecule has 4 nitrogen and oxygen atoms in total. The maximum atomic E-state index is 11.9. The molecule has 0 radical (unpaired) electrons. The summed E-state index contributed by atoms with van der Waals surface area (Å²) in [6, 6.07) is 4.06. The average Bonchev–Trinajstić information content (AvgIpc) is 3.04. The standard InChI is InChI=1S/C17H24BrNO3/c1-11-8-13(18)9-12(2)14(11)21-10-17(6-7-17)19-15(20)22-16(3,4)5/h8-9H,6-7,10H2,1-5H3,(H,19,20). The minimum Gasteiger partial charge on any atom is -0.491 e. The number of alkyl carbamates (subject to hydrolysis) is 1. The van der Waals surface area contributed by atoms with Crippen LogP contribution in [0, 0.1) is 13.8 Å². The molecule has 0 unspecified atom stereocenters. The van der Waals surface area contributed by atoms with Gasteiger partial charge >= 0.3 is 6.09 Å². The average molecular weight is 370 g/mol. The third-order valence-electron chi connectivity index (χ3n) is 3.54. The number of hydrogen-bond donors (Lipinski definition) is 1. The number of halogens is 1. The normalized spacial score (nSPS) is 16.1. The van der Waals surface area contributed by atoms with E-state index in [1.807, 2.05) is 46.8 Å². The molecule has 0 saturated heterocycles. The number of nitrogens with one attached hydrogen (secondary N) is 1. The molecule has 1 aromatic carbocycles. The summed E-state index contributed by atoms with van der Waals surface area (Å²) in [5, 5.41) is 2.95. The van der Waals surface area contributed by atoms with Gasteiger partial charge in [0.05, 0.1) is 5.54 Å². The molecule has 5 heteroatoms. The highest BCUT2D eigenvalue weighted by Gasteiger charge is 2.46. The third-order valence-corrected chi connectivity index (χ3v) is 4.00. The summed E-state index contributed by atoms with van der Waals surface area (Å²) >= 11 is 3.48. The Morgan fingerprint density at radius 3 is 2.27 bits per heavy atom. The molecule has 1 aliphatic rings. The SMILES string of the molecule is Cc1cc(Br)cc(C)c1OCC1(NC(=O)OC(C)(C)C)CC1. The van der Waals surface area contributed by atoms with Gasteiger partial charge in [0, 0.05) is 4.47 Å². The molecular weight excluding hydrogens is 346 g/mol. The Morgan fingerprint density at radius 1 is 1.27 bits per heavy atom. The van der Waals surface area contributed by atoms with E-state index in [9.17, 15) is 4.79 Å². The van der Waals surface area contributed by atoms with Gasteiger partial charge in [-0.2, -0.15) is 0 Å². The zero-order chi connectivity index (χ0) is 16.5. The van der Waals surface area contributed by atoms with E-state index in [4.69, 9.17) is 9.47 Å². The molecule has 1 aromatic rings. The molecule has 122 valence electrons. The van der Waals surface area contributed by atoms with Crippen LogP contribution in [0.3, 0.4) is 0 Å². The van der Waals surface area contributed by atoms with Crippen molar-refractivity contribution in [3.63, 3.8) is 0 Å². The minimum absolute atomic E-state index is 0.283. The van der Waals surface area contributed by atoms with E-state index < -0.39 is 5.60 Å². The summed E-state index contributed by atoms with van der Waals surface area (Å²) in [6.45, 7) is 10.1. The molecule has 0 aliphatic heterocycles. The second-order valence-electron chi connectivity index (χ2n) is 7.06. The van der Waals surface area contributed by atoms with Crippen LogP contribution in [-0.2, 0) is 4.74 Å². The Balaban J connectivity index is 1.96. The molecule has 1 aliphatic carbocycles. The Bertz CT molecular complexity index is 551. The Labute approximate surface area is 140 Å². The first kappa shape index (κ1) is 17.1. The molecule has 0 atom stereocenters. The van der Waals surface area contributed by atoms with Gasteiger partial charge in [-0.3, -0.25) is 0 Å². The van der Waals surface area contributed by atoms with Crippen molar-refractivity contribution < 1.29 is 14.3 Å². The van der Waals surface area contributed by atoms with Crippen LogP contribution >= 0.6 is 15.9 Å². The topological polar surface area (TPSA) is 47.6 Å². The van der Waals surface area contributed by atoms with E-state index >= 15 is 0 Å². The van der Waals surface area contributed by atoms with Gasteiger partial charge in [-0.25, -0.2) is 4.79 Å². The molecule has 22 heavy (non-hydrogen) atoms. The lowest BCUT2D eigenvalue weighted by Gasteiger charge is -2.24. The van der Waals surface area contributed by atoms with Gasteiger partial charge in [0.15, 0.2) is 0 Å². The maximum Gasteiger partial charge on any atom is 0.408 e. The first-order valence-electron chi connectivity index (χ1n) is 7.51. The van der Waals surface area contributed by atoms with E-state index in [2.05, 4.69) is 21.2 Å². The second-order valence-corrected chi connectivity index (χ2v) is 7.98. The van der Waals surface area contributed by atoms with Crippen molar-refractivity contribution in [3.05, 3.63) is 27.7 Å². The fourth-order valence-corrected chi connectivity index (χ4v) is 3.00. The van der Waals surface area contributed by atoms with Gasteiger partial charge in [0.1, 0.15) is 18.0 Å². The number of carbonyl (C=O) groups excluding carboxylic acids is 1. The van der Waals surface area contributed by atoms with E-state index in [1.165, 1.54) is 0 Å². The van der Waals surface area contributed by atoms with Crippen molar-refractivity contribution in [1.82, 2.24) is 5.32 Å². The smallest absolute Gasteiger partial charge is 0.408 e. The summed E-state index contributed by atoms with van der Waals surface area (Å²) in [5.74, 6) is 0.889. The van der Waals surface area contributed by atoms with Crippen LogP contribution in [0.5, 0.6) is 5.75 Å². The summed E-state index contributed by atoms with van der Waals surface area (Å²) < 4.78 is 12.4. The molecule has 1 amide bonds. The van der Waals surface area contributed by atoms with Crippen molar-refractivity contribution in [2.45, 2.75) is 58.6 Å². The van der Waals surface area contributed by atoms with Gasteiger partial charge in [-0.05, 0) is 70.7 Å². The molecule has 1 N–H and O–H groups in total. The lowest BCUT2D eigenvalue weighted by Crippen LogP contribution is -2.44. The summed E-state index contributed by atoms with van der Waals surface area (Å²) in [5.41, 5.74) is 1.40. The molecule has 0 spiro atoms. The lowest BCUT2D eigenvalue weighted by molar-refractivity contribution is 0.0477. The molecule has 2 rings (SSSR count). The number of hydrogen-bond acceptors (Lipinski definition) is 3. The van der Waals surface area contributed by atoms with E-state index in [0.29, 0.717) is 6.61 Å². The molecular formula is C17H24BrNO3. The highest BCUT2D eigenvalue weighted by atomic mass is 79.9. The molecule has 1 fully saturated rings. The number of aryl methyl sites for hydroxylation is 2. The fourth-order valence-electron chi connectivity index (χ4n) is 2.31. The maximum absolute atomic E-state index is 11.9. The second kappa shape index (κ2) is 6.11. The Morgan fingerprint density at radius 2 is 1.82 bits per heavy atom. The van der Waals surface area contributed by atoms with Crippen molar-refractivity contribution in [3.8, 4) is 5.75 Å². The predicted octanol–water partition coefficient (Wildman–Crippen LogP) is 4.50. The fraction of sp³-hybridized carbons (Fsp3) is 0.588. The Kier molecular flexibility index (Phi) is 4.76. The van der Waals surface area contributed by atoms with Gasteiger partial charge in [-0.15, -0.1) is 0 Å². The lowest BCUT2D eigenvalue weighted by atomic mass is 10.1. The number of benzene rings is 1. The zero-order valence-electron chi connectivity index (χ0n) is 13.9. The van der Waals surface area contributed by atoms with Crippen LogP contribution in [0.1, 0.15) is 44.7 Å². The van der Waals surface area contributed by atoms with Crippen molar-refractivity contribution >= 4 is 22.0 Å². The monoisotopic (exact) mass is 369 g/mol. The van der Waals surface area contributed by atoms with Gasteiger partial charge < -0.3 is 14.8 Å². The first-order valence-corrected chi connectivity index (χ1v) is 8.30. The summed E-state index contributed by atoms with van der Waals surface area (Å²) in [4.78, 5) is 11.9. The Hall–Kier alpha value is -1.23. The molecule has 1 saturated carbocycles. The zero-order valence-corrected chi connectivity index (χ0v) is 15.5. The van der Waals surface area contributed by atoms with E-state index in [1.54, 1.807) is 0 Å². The largest absolute Gasteiger partial charge is 0.491 e. The van der Waals surface area contributed by atoms with Crippen molar-refractivity contribution in [1.29, 1.82) is 0 Å². The van der Waals surface area contributed by atoms with Crippen LogP contribution in [-0.4, -0.2) is 23.8 Å². The molecule has 0 aromatic heterocycles. The molecule has 0 heterocycles. The van der Waals surface area contributed by atoms with Crippen LogP contribution in [0.2, 0.25) is 0 Å². The van der Waals surface area contributed by atoms with Crippen LogP contribution in [0.15, 0.2) is 16.6 Å².